The Balaban J connectivity index is 2.68. The Morgan fingerprint density at radius 2 is 1.90 bits per heavy atom. The van der Waals surface area contributed by atoms with Gasteiger partial charge in [0.05, 0.1) is 19.9 Å². The lowest BCUT2D eigenvalue weighted by atomic mass is 9.96. The minimum atomic E-state index is 0.279. The van der Waals surface area contributed by atoms with Crippen molar-refractivity contribution in [3.8, 4) is 22.8 Å². The van der Waals surface area contributed by atoms with E-state index in [1.165, 1.54) is 0 Å². The SMILES string of the molecule is COc1ccc(-c2cc(N)n(C)n2)c(OC)c1C(C)C. The van der Waals surface area contributed by atoms with E-state index in [0.29, 0.717) is 5.82 Å². The third-order valence-electron chi connectivity index (χ3n) is 3.35. The van der Waals surface area contributed by atoms with Crippen molar-refractivity contribution in [2.45, 2.75) is 19.8 Å². The van der Waals surface area contributed by atoms with Crippen molar-refractivity contribution < 1.29 is 9.47 Å². The third kappa shape index (κ3) is 2.31. The first-order valence-corrected chi connectivity index (χ1v) is 6.54. The Labute approximate surface area is 119 Å². The van der Waals surface area contributed by atoms with Crippen LogP contribution in [0.1, 0.15) is 25.3 Å². The van der Waals surface area contributed by atoms with E-state index >= 15 is 0 Å². The van der Waals surface area contributed by atoms with Gasteiger partial charge in [-0.1, -0.05) is 13.8 Å². The van der Waals surface area contributed by atoms with Crippen LogP contribution in [0.3, 0.4) is 0 Å². The summed E-state index contributed by atoms with van der Waals surface area (Å²) in [5, 5.41) is 4.42. The molecule has 0 saturated carbocycles. The molecule has 20 heavy (non-hydrogen) atoms. The van der Waals surface area contributed by atoms with Crippen LogP contribution in [0.25, 0.3) is 11.3 Å². The molecule has 0 aliphatic rings. The molecular formula is C15H21N3O2. The van der Waals surface area contributed by atoms with Crippen molar-refractivity contribution in [1.29, 1.82) is 0 Å². The molecule has 0 aliphatic carbocycles. The summed E-state index contributed by atoms with van der Waals surface area (Å²) in [7, 11) is 5.15. The number of ether oxygens (including phenoxy) is 2. The fourth-order valence-electron chi connectivity index (χ4n) is 2.34. The molecule has 0 bridgehead atoms. The average molecular weight is 275 g/mol. The number of hydrogen-bond donors (Lipinski definition) is 1. The summed E-state index contributed by atoms with van der Waals surface area (Å²) in [6, 6.07) is 5.73. The fraction of sp³-hybridized carbons (Fsp3) is 0.400. The van der Waals surface area contributed by atoms with Gasteiger partial charge in [0.2, 0.25) is 0 Å². The molecule has 0 saturated heterocycles. The van der Waals surface area contributed by atoms with E-state index in [9.17, 15) is 0 Å². The highest BCUT2D eigenvalue weighted by Crippen LogP contribution is 2.42. The number of methoxy groups -OCH3 is 2. The van der Waals surface area contributed by atoms with Gasteiger partial charge in [-0.15, -0.1) is 0 Å². The fourth-order valence-corrected chi connectivity index (χ4v) is 2.34. The minimum absolute atomic E-state index is 0.279. The molecule has 0 fully saturated rings. The maximum Gasteiger partial charge on any atom is 0.135 e. The topological polar surface area (TPSA) is 62.3 Å². The number of nitrogens with two attached hydrogens (primary N) is 1. The van der Waals surface area contributed by atoms with Gasteiger partial charge in [0.25, 0.3) is 0 Å². The van der Waals surface area contributed by atoms with Crippen molar-refractivity contribution in [3.63, 3.8) is 0 Å². The van der Waals surface area contributed by atoms with Gasteiger partial charge in [0.1, 0.15) is 17.3 Å². The van der Waals surface area contributed by atoms with Crippen LogP contribution < -0.4 is 15.2 Å². The number of aromatic nitrogens is 2. The van der Waals surface area contributed by atoms with E-state index in [1.54, 1.807) is 18.9 Å². The van der Waals surface area contributed by atoms with Gasteiger partial charge in [-0.25, -0.2) is 0 Å². The van der Waals surface area contributed by atoms with E-state index in [-0.39, 0.29) is 5.92 Å². The van der Waals surface area contributed by atoms with E-state index in [1.807, 2.05) is 25.2 Å². The normalized spacial score (nSPS) is 10.9. The maximum absolute atomic E-state index is 5.86. The molecule has 0 aliphatic heterocycles. The van der Waals surface area contributed by atoms with Gasteiger partial charge in [0.15, 0.2) is 0 Å². The molecule has 0 unspecified atom stereocenters. The average Bonchev–Trinajstić information content (AvgIpc) is 2.76. The predicted molar refractivity (Wildman–Crippen MR) is 80.2 cm³/mol. The Kier molecular flexibility index (Phi) is 3.88. The molecule has 0 atom stereocenters. The molecule has 2 N–H and O–H groups in total. The van der Waals surface area contributed by atoms with Gasteiger partial charge in [0, 0.05) is 24.2 Å². The van der Waals surface area contributed by atoms with Crippen LogP contribution in [0.5, 0.6) is 11.5 Å². The first-order chi connectivity index (χ1) is 9.49. The lowest BCUT2D eigenvalue weighted by Crippen LogP contribution is -2.01. The second-order valence-corrected chi connectivity index (χ2v) is 5.00. The summed E-state index contributed by atoms with van der Waals surface area (Å²) in [6.45, 7) is 4.22. The van der Waals surface area contributed by atoms with Gasteiger partial charge >= 0.3 is 0 Å². The predicted octanol–water partition coefficient (Wildman–Crippen LogP) is 2.81. The molecule has 0 amide bonds. The largest absolute Gasteiger partial charge is 0.496 e. The van der Waals surface area contributed by atoms with Crippen LogP contribution in [0.4, 0.5) is 5.82 Å². The Morgan fingerprint density at radius 1 is 1.20 bits per heavy atom. The summed E-state index contributed by atoms with van der Waals surface area (Å²) in [5.74, 6) is 2.51. The number of anilines is 1. The molecule has 2 aromatic rings. The molecule has 5 nitrogen and oxygen atoms in total. The monoisotopic (exact) mass is 275 g/mol. The Bertz CT molecular complexity index is 598. The van der Waals surface area contributed by atoms with Crippen LogP contribution in [0, 0.1) is 0 Å². The first kappa shape index (κ1) is 14.2. The van der Waals surface area contributed by atoms with E-state index < -0.39 is 0 Å². The highest BCUT2D eigenvalue weighted by Gasteiger charge is 2.20. The number of benzene rings is 1. The summed E-state index contributed by atoms with van der Waals surface area (Å²) >= 11 is 0. The summed E-state index contributed by atoms with van der Waals surface area (Å²) in [4.78, 5) is 0. The molecule has 108 valence electrons. The van der Waals surface area contributed by atoms with Crippen molar-refractivity contribution in [1.82, 2.24) is 9.78 Å². The van der Waals surface area contributed by atoms with Crippen LogP contribution in [0.15, 0.2) is 18.2 Å². The smallest absolute Gasteiger partial charge is 0.135 e. The summed E-state index contributed by atoms with van der Waals surface area (Å²) < 4.78 is 12.7. The Morgan fingerprint density at radius 3 is 2.35 bits per heavy atom. The van der Waals surface area contributed by atoms with Crippen LogP contribution >= 0.6 is 0 Å². The molecule has 2 rings (SSSR count). The lowest BCUT2D eigenvalue weighted by molar-refractivity contribution is 0.383. The maximum atomic E-state index is 5.86. The van der Waals surface area contributed by atoms with Crippen molar-refractivity contribution in [3.05, 3.63) is 23.8 Å². The van der Waals surface area contributed by atoms with E-state index in [4.69, 9.17) is 15.2 Å². The lowest BCUT2D eigenvalue weighted by Gasteiger charge is -2.18. The van der Waals surface area contributed by atoms with E-state index in [0.717, 1.165) is 28.3 Å². The number of nitrogen functional groups attached to an aromatic ring is 1. The second kappa shape index (κ2) is 5.45. The molecular weight excluding hydrogens is 254 g/mol. The molecule has 0 radical (unpaired) electrons. The molecule has 1 aromatic carbocycles. The van der Waals surface area contributed by atoms with Crippen LogP contribution in [-0.4, -0.2) is 24.0 Å². The Hall–Kier alpha value is -2.17. The van der Waals surface area contributed by atoms with E-state index in [2.05, 4.69) is 18.9 Å². The summed E-state index contributed by atoms with van der Waals surface area (Å²) in [6.07, 6.45) is 0. The van der Waals surface area contributed by atoms with Gasteiger partial charge in [-0.05, 0) is 18.1 Å². The number of nitrogens with zero attached hydrogens (tertiary/aromatic N) is 2. The number of hydrogen-bond acceptors (Lipinski definition) is 4. The highest BCUT2D eigenvalue weighted by molar-refractivity contribution is 5.73. The zero-order valence-corrected chi connectivity index (χ0v) is 12.6. The summed E-state index contributed by atoms with van der Waals surface area (Å²) in [5.41, 5.74) is 8.62. The first-order valence-electron chi connectivity index (χ1n) is 6.54. The standard InChI is InChI=1S/C15H21N3O2/c1-9(2)14-12(19-4)7-6-10(15(14)20-5)11-8-13(16)18(3)17-11/h6-9H,16H2,1-5H3. The van der Waals surface area contributed by atoms with Crippen LogP contribution in [0.2, 0.25) is 0 Å². The van der Waals surface area contributed by atoms with Crippen molar-refractivity contribution in [2.24, 2.45) is 7.05 Å². The van der Waals surface area contributed by atoms with Gasteiger partial charge in [-0.3, -0.25) is 4.68 Å². The third-order valence-corrected chi connectivity index (χ3v) is 3.35. The zero-order chi connectivity index (χ0) is 14.9. The molecule has 0 spiro atoms. The number of aryl methyl sites for hydroxylation is 1. The highest BCUT2D eigenvalue weighted by atomic mass is 16.5. The van der Waals surface area contributed by atoms with Crippen molar-refractivity contribution >= 4 is 5.82 Å². The minimum Gasteiger partial charge on any atom is -0.496 e. The second-order valence-electron chi connectivity index (χ2n) is 5.00. The van der Waals surface area contributed by atoms with Gasteiger partial charge < -0.3 is 15.2 Å². The number of rotatable bonds is 4. The molecule has 5 heteroatoms. The quantitative estimate of drug-likeness (QED) is 0.932. The zero-order valence-electron chi connectivity index (χ0n) is 12.6. The van der Waals surface area contributed by atoms with Crippen molar-refractivity contribution in [2.75, 3.05) is 20.0 Å². The van der Waals surface area contributed by atoms with Crippen LogP contribution in [-0.2, 0) is 7.05 Å². The van der Waals surface area contributed by atoms with Gasteiger partial charge in [-0.2, -0.15) is 5.10 Å². The molecule has 1 aromatic heterocycles. The molecule has 1 heterocycles.